The highest BCUT2D eigenvalue weighted by Crippen LogP contribution is 2.20. The summed E-state index contributed by atoms with van der Waals surface area (Å²) >= 11 is 10.8. The summed E-state index contributed by atoms with van der Waals surface area (Å²) in [7, 11) is 1.58. The molecule has 7 heteroatoms. The zero-order valence-corrected chi connectivity index (χ0v) is 12.1. The highest BCUT2D eigenvalue weighted by molar-refractivity contribution is 7.80. The molecule has 0 aromatic heterocycles. The monoisotopic (exact) mass is 301 g/mol. The van der Waals surface area contributed by atoms with E-state index in [-0.39, 0.29) is 17.4 Å². The molecule has 0 aliphatic heterocycles. The minimum Gasteiger partial charge on any atom is -0.389 e. The highest BCUT2D eigenvalue weighted by atomic mass is 35.5. The first kappa shape index (κ1) is 15.7. The van der Waals surface area contributed by atoms with Gasteiger partial charge >= 0.3 is 0 Å². The van der Waals surface area contributed by atoms with Crippen molar-refractivity contribution in [3.05, 3.63) is 28.8 Å². The van der Waals surface area contributed by atoms with E-state index >= 15 is 0 Å². The Bertz CT molecular complexity index is 468. The lowest BCUT2D eigenvalue weighted by Gasteiger charge is -2.11. The maximum absolute atomic E-state index is 11.5. The van der Waals surface area contributed by atoms with Gasteiger partial charge in [-0.2, -0.15) is 0 Å². The van der Waals surface area contributed by atoms with Gasteiger partial charge in [0.15, 0.2) is 0 Å². The Hall–Kier alpha value is -1.37. The fourth-order valence-corrected chi connectivity index (χ4v) is 1.75. The number of amides is 1. The van der Waals surface area contributed by atoms with Gasteiger partial charge in [-0.15, -0.1) is 0 Å². The van der Waals surface area contributed by atoms with Crippen molar-refractivity contribution in [2.75, 3.05) is 32.1 Å². The van der Waals surface area contributed by atoms with Gasteiger partial charge in [-0.1, -0.05) is 23.8 Å². The summed E-state index contributed by atoms with van der Waals surface area (Å²) in [5.74, 6) is -0.138. The average molecular weight is 302 g/mol. The van der Waals surface area contributed by atoms with E-state index in [1.807, 2.05) is 0 Å². The molecule has 5 nitrogen and oxygen atoms in total. The topological polar surface area (TPSA) is 76.4 Å². The van der Waals surface area contributed by atoms with E-state index in [1.54, 1.807) is 25.3 Å². The molecule has 4 N–H and O–H groups in total. The number of halogens is 1. The highest BCUT2D eigenvalue weighted by Gasteiger charge is 2.07. The van der Waals surface area contributed by atoms with Crippen LogP contribution >= 0.6 is 23.8 Å². The molecular formula is C12H16ClN3O2S. The summed E-state index contributed by atoms with van der Waals surface area (Å²) < 4.78 is 4.84. The molecule has 0 saturated carbocycles. The zero-order valence-electron chi connectivity index (χ0n) is 10.5. The number of thiocarbonyl (C=S) groups is 1. The molecule has 0 saturated heterocycles. The van der Waals surface area contributed by atoms with Crippen molar-refractivity contribution >= 4 is 40.4 Å². The lowest BCUT2D eigenvalue weighted by molar-refractivity contribution is -0.119. The Labute approximate surface area is 122 Å². The predicted octanol–water partition coefficient (Wildman–Crippen LogP) is 1.15. The van der Waals surface area contributed by atoms with Crippen LogP contribution in [0.25, 0.3) is 0 Å². The summed E-state index contributed by atoms with van der Waals surface area (Å²) in [6.45, 7) is 1.07. The van der Waals surface area contributed by atoms with Crippen LogP contribution in [0.15, 0.2) is 18.2 Å². The van der Waals surface area contributed by atoms with Crippen LogP contribution in [0.1, 0.15) is 5.56 Å². The van der Waals surface area contributed by atoms with E-state index in [0.717, 1.165) is 0 Å². The lowest BCUT2D eigenvalue weighted by atomic mass is 10.2. The van der Waals surface area contributed by atoms with Crippen LogP contribution < -0.4 is 16.4 Å². The van der Waals surface area contributed by atoms with Crippen molar-refractivity contribution in [3.8, 4) is 0 Å². The first-order valence-corrected chi connectivity index (χ1v) is 6.42. The smallest absolute Gasteiger partial charge is 0.239 e. The fourth-order valence-electron chi connectivity index (χ4n) is 1.40. The summed E-state index contributed by atoms with van der Waals surface area (Å²) in [4.78, 5) is 11.7. The molecule has 0 fully saturated rings. The third kappa shape index (κ3) is 5.42. The van der Waals surface area contributed by atoms with Crippen molar-refractivity contribution in [2.45, 2.75) is 0 Å². The molecule has 0 aliphatic carbocycles. The van der Waals surface area contributed by atoms with Gasteiger partial charge in [0, 0.05) is 29.9 Å². The van der Waals surface area contributed by atoms with Crippen molar-refractivity contribution in [1.82, 2.24) is 5.32 Å². The average Bonchev–Trinajstić information content (AvgIpc) is 2.37. The third-order valence-corrected chi connectivity index (χ3v) is 2.77. The number of nitrogens with one attached hydrogen (secondary N) is 2. The number of hydrogen-bond donors (Lipinski definition) is 3. The van der Waals surface area contributed by atoms with Crippen molar-refractivity contribution < 1.29 is 9.53 Å². The van der Waals surface area contributed by atoms with E-state index in [1.165, 1.54) is 0 Å². The standard InChI is InChI=1S/C12H16ClN3O2S/c1-18-5-4-15-11(17)7-16-10-3-2-8(13)6-9(10)12(14)19/h2-3,6,16H,4-5,7H2,1H3,(H2,14,19)(H,15,17). The van der Waals surface area contributed by atoms with Gasteiger partial charge in [0.05, 0.1) is 13.2 Å². The molecule has 104 valence electrons. The van der Waals surface area contributed by atoms with Gasteiger partial charge in [-0.25, -0.2) is 0 Å². The molecule has 1 amide bonds. The molecule has 0 aliphatic rings. The Kier molecular flexibility index (Phi) is 6.55. The molecule has 0 spiro atoms. The summed E-state index contributed by atoms with van der Waals surface area (Å²) in [5.41, 5.74) is 6.90. The van der Waals surface area contributed by atoms with E-state index in [9.17, 15) is 4.79 Å². The van der Waals surface area contributed by atoms with Gasteiger partial charge in [0.2, 0.25) is 5.91 Å². The molecule has 1 aromatic carbocycles. The van der Waals surface area contributed by atoms with Crippen molar-refractivity contribution in [3.63, 3.8) is 0 Å². The first-order chi connectivity index (χ1) is 9.04. The third-order valence-electron chi connectivity index (χ3n) is 2.31. The number of ether oxygens (including phenoxy) is 1. The molecule has 0 unspecified atom stereocenters. The van der Waals surface area contributed by atoms with E-state index in [0.29, 0.717) is 29.4 Å². The molecule has 0 atom stereocenters. The second kappa shape index (κ2) is 7.93. The normalized spacial score (nSPS) is 10.0. The Balaban J connectivity index is 2.57. The SMILES string of the molecule is COCCNC(=O)CNc1ccc(Cl)cc1C(N)=S. The maximum Gasteiger partial charge on any atom is 0.239 e. The predicted molar refractivity (Wildman–Crippen MR) is 80.7 cm³/mol. The quantitative estimate of drug-likeness (QED) is 0.520. The fraction of sp³-hybridized carbons (Fsp3) is 0.333. The van der Waals surface area contributed by atoms with Crippen LogP contribution in [-0.4, -0.2) is 37.7 Å². The van der Waals surface area contributed by atoms with Gasteiger partial charge in [0.25, 0.3) is 0 Å². The summed E-state index contributed by atoms with van der Waals surface area (Å²) in [6, 6.07) is 5.10. The number of carbonyl (C=O) groups is 1. The first-order valence-electron chi connectivity index (χ1n) is 5.63. The van der Waals surface area contributed by atoms with Gasteiger partial charge < -0.3 is 21.1 Å². The Morgan fingerprint density at radius 2 is 2.26 bits per heavy atom. The molecule has 1 rings (SSSR count). The van der Waals surface area contributed by atoms with E-state index in [4.69, 9.17) is 34.3 Å². The van der Waals surface area contributed by atoms with Crippen LogP contribution in [0, 0.1) is 0 Å². The second-order valence-electron chi connectivity index (χ2n) is 3.75. The number of anilines is 1. The Morgan fingerprint density at radius 1 is 1.53 bits per heavy atom. The van der Waals surface area contributed by atoms with Gasteiger partial charge in [-0.05, 0) is 18.2 Å². The molecular weight excluding hydrogens is 286 g/mol. The number of hydrogen-bond acceptors (Lipinski definition) is 4. The number of benzene rings is 1. The number of nitrogens with two attached hydrogens (primary N) is 1. The van der Waals surface area contributed by atoms with Crippen LogP contribution in [0.2, 0.25) is 5.02 Å². The van der Waals surface area contributed by atoms with Crippen molar-refractivity contribution in [1.29, 1.82) is 0 Å². The molecule has 0 heterocycles. The molecule has 19 heavy (non-hydrogen) atoms. The van der Waals surface area contributed by atoms with Gasteiger partial charge in [-0.3, -0.25) is 4.79 Å². The lowest BCUT2D eigenvalue weighted by Crippen LogP contribution is -2.32. The Morgan fingerprint density at radius 3 is 2.89 bits per heavy atom. The maximum atomic E-state index is 11.5. The minimum absolute atomic E-state index is 0.126. The summed E-state index contributed by atoms with van der Waals surface area (Å²) in [6.07, 6.45) is 0. The summed E-state index contributed by atoms with van der Waals surface area (Å²) in [5, 5.41) is 6.21. The zero-order chi connectivity index (χ0) is 14.3. The minimum atomic E-state index is -0.138. The number of carbonyl (C=O) groups excluding carboxylic acids is 1. The van der Waals surface area contributed by atoms with Crippen molar-refractivity contribution in [2.24, 2.45) is 5.73 Å². The van der Waals surface area contributed by atoms with Crippen LogP contribution in [0.5, 0.6) is 0 Å². The molecule has 0 bridgehead atoms. The van der Waals surface area contributed by atoms with Crippen LogP contribution in [0.3, 0.4) is 0 Å². The second-order valence-corrected chi connectivity index (χ2v) is 4.63. The number of methoxy groups -OCH3 is 1. The molecule has 0 radical (unpaired) electrons. The van der Waals surface area contributed by atoms with E-state index < -0.39 is 0 Å². The largest absolute Gasteiger partial charge is 0.389 e. The number of rotatable bonds is 7. The van der Waals surface area contributed by atoms with E-state index in [2.05, 4.69) is 10.6 Å². The van der Waals surface area contributed by atoms with Gasteiger partial charge in [0.1, 0.15) is 4.99 Å². The van der Waals surface area contributed by atoms with Crippen LogP contribution in [0.4, 0.5) is 5.69 Å². The molecule has 1 aromatic rings. The van der Waals surface area contributed by atoms with Crippen LogP contribution in [-0.2, 0) is 9.53 Å².